The second kappa shape index (κ2) is 2.99. The van der Waals surface area contributed by atoms with Gasteiger partial charge in [-0.3, -0.25) is 0 Å². The largest absolute Gasteiger partial charge is 0.243 e. The SMILES string of the molecule is CC(C)C(C)(F)CI. The quantitative estimate of drug-likeness (QED) is 0.505. The second-order valence-corrected chi connectivity index (χ2v) is 3.33. The molecule has 0 aliphatic rings. The van der Waals surface area contributed by atoms with Crippen LogP contribution in [-0.2, 0) is 0 Å². The molecule has 0 saturated heterocycles. The van der Waals surface area contributed by atoms with Crippen LogP contribution in [0.2, 0.25) is 0 Å². The molecule has 0 aliphatic carbocycles. The normalized spacial score (nSPS) is 18.8. The van der Waals surface area contributed by atoms with Crippen molar-refractivity contribution in [1.82, 2.24) is 0 Å². The maximum absolute atomic E-state index is 12.9. The van der Waals surface area contributed by atoms with Crippen LogP contribution in [0, 0.1) is 5.92 Å². The van der Waals surface area contributed by atoms with E-state index in [-0.39, 0.29) is 5.92 Å². The van der Waals surface area contributed by atoms with Crippen molar-refractivity contribution < 1.29 is 4.39 Å². The van der Waals surface area contributed by atoms with E-state index in [9.17, 15) is 4.39 Å². The van der Waals surface area contributed by atoms with Crippen LogP contribution >= 0.6 is 22.6 Å². The Labute approximate surface area is 64.0 Å². The molecule has 0 heterocycles. The van der Waals surface area contributed by atoms with Gasteiger partial charge in [0.25, 0.3) is 0 Å². The third-order valence-electron chi connectivity index (χ3n) is 1.47. The molecule has 8 heavy (non-hydrogen) atoms. The summed E-state index contributed by atoms with van der Waals surface area (Å²) in [7, 11) is 0. The zero-order chi connectivity index (χ0) is 6.78. The number of alkyl halides is 2. The van der Waals surface area contributed by atoms with Gasteiger partial charge in [0.1, 0.15) is 5.67 Å². The smallest absolute Gasteiger partial charge is 0.119 e. The Morgan fingerprint density at radius 3 is 2.00 bits per heavy atom. The highest BCUT2D eigenvalue weighted by Gasteiger charge is 2.25. The Balaban J connectivity index is 3.71. The lowest BCUT2D eigenvalue weighted by Gasteiger charge is -2.21. The standard InChI is InChI=1S/C6H12FI/c1-5(2)6(3,7)4-8/h5H,4H2,1-3H3. The van der Waals surface area contributed by atoms with Crippen LogP contribution in [-0.4, -0.2) is 10.1 Å². The summed E-state index contributed by atoms with van der Waals surface area (Å²) in [5.74, 6) is 0.138. The van der Waals surface area contributed by atoms with E-state index in [1.165, 1.54) is 0 Å². The molecule has 0 N–H and O–H groups in total. The van der Waals surface area contributed by atoms with E-state index in [4.69, 9.17) is 0 Å². The topological polar surface area (TPSA) is 0 Å². The minimum Gasteiger partial charge on any atom is -0.243 e. The number of halogens is 2. The van der Waals surface area contributed by atoms with Crippen molar-refractivity contribution in [3.05, 3.63) is 0 Å². The summed E-state index contributed by atoms with van der Waals surface area (Å²) in [6.45, 7) is 5.45. The summed E-state index contributed by atoms with van der Waals surface area (Å²) in [5.41, 5.74) is -0.972. The van der Waals surface area contributed by atoms with E-state index in [0.29, 0.717) is 4.43 Å². The van der Waals surface area contributed by atoms with Crippen molar-refractivity contribution in [2.45, 2.75) is 26.4 Å². The summed E-state index contributed by atoms with van der Waals surface area (Å²) >= 11 is 2.07. The average molecular weight is 230 g/mol. The molecule has 0 radical (unpaired) electrons. The monoisotopic (exact) mass is 230 g/mol. The van der Waals surface area contributed by atoms with Crippen LogP contribution in [0.4, 0.5) is 4.39 Å². The fourth-order valence-electron chi connectivity index (χ4n) is 0.154. The molecule has 1 atom stereocenters. The van der Waals surface area contributed by atoms with Crippen molar-refractivity contribution in [2.24, 2.45) is 5.92 Å². The van der Waals surface area contributed by atoms with Gasteiger partial charge in [-0.25, -0.2) is 4.39 Å². The predicted molar refractivity (Wildman–Crippen MR) is 43.2 cm³/mol. The second-order valence-electron chi connectivity index (χ2n) is 2.57. The first-order chi connectivity index (χ1) is 3.50. The molecule has 0 aliphatic heterocycles. The van der Waals surface area contributed by atoms with Gasteiger partial charge in [0.05, 0.1) is 0 Å². The Bertz CT molecular complexity index is 68.9. The Morgan fingerprint density at radius 1 is 1.62 bits per heavy atom. The van der Waals surface area contributed by atoms with Gasteiger partial charge in [0, 0.05) is 4.43 Å². The van der Waals surface area contributed by atoms with E-state index in [2.05, 4.69) is 22.6 Å². The fourth-order valence-corrected chi connectivity index (χ4v) is 1.04. The summed E-state index contributed by atoms with van der Waals surface area (Å²) in [6.07, 6.45) is 0. The van der Waals surface area contributed by atoms with E-state index in [0.717, 1.165) is 0 Å². The van der Waals surface area contributed by atoms with Crippen LogP contribution in [0.5, 0.6) is 0 Å². The van der Waals surface area contributed by atoms with Crippen LogP contribution < -0.4 is 0 Å². The third kappa shape index (κ3) is 2.29. The Hall–Kier alpha value is 0.660. The highest BCUT2D eigenvalue weighted by Crippen LogP contribution is 2.23. The Morgan fingerprint density at radius 2 is 2.00 bits per heavy atom. The first kappa shape index (κ1) is 8.66. The Kier molecular flexibility index (Phi) is 3.24. The molecule has 50 valence electrons. The maximum Gasteiger partial charge on any atom is 0.119 e. The molecule has 0 aromatic carbocycles. The van der Waals surface area contributed by atoms with Gasteiger partial charge in [0.2, 0.25) is 0 Å². The maximum atomic E-state index is 12.9. The summed E-state index contributed by atoms with van der Waals surface area (Å²) < 4.78 is 13.5. The highest BCUT2D eigenvalue weighted by molar-refractivity contribution is 14.1. The first-order valence-corrected chi connectivity index (χ1v) is 4.28. The van der Waals surface area contributed by atoms with Gasteiger partial charge < -0.3 is 0 Å². The molecule has 0 bridgehead atoms. The van der Waals surface area contributed by atoms with Crippen LogP contribution in [0.3, 0.4) is 0 Å². The lowest BCUT2D eigenvalue weighted by molar-refractivity contribution is 0.157. The van der Waals surface area contributed by atoms with Crippen molar-refractivity contribution in [3.63, 3.8) is 0 Å². The lowest BCUT2D eigenvalue weighted by atomic mass is 9.97. The molecule has 0 amide bonds. The van der Waals surface area contributed by atoms with E-state index < -0.39 is 5.67 Å². The van der Waals surface area contributed by atoms with Gasteiger partial charge in [-0.05, 0) is 12.8 Å². The third-order valence-corrected chi connectivity index (χ3v) is 2.96. The van der Waals surface area contributed by atoms with Crippen molar-refractivity contribution in [3.8, 4) is 0 Å². The summed E-state index contributed by atoms with van der Waals surface area (Å²) in [6, 6.07) is 0. The summed E-state index contributed by atoms with van der Waals surface area (Å²) in [4.78, 5) is 0. The molecule has 0 aromatic heterocycles. The van der Waals surface area contributed by atoms with E-state index in [1.807, 2.05) is 13.8 Å². The minimum absolute atomic E-state index is 0.138. The fraction of sp³-hybridized carbons (Fsp3) is 1.00. The number of rotatable bonds is 2. The van der Waals surface area contributed by atoms with Crippen molar-refractivity contribution in [2.75, 3.05) is 4.43 Å². The molecular weight excluding hydrogens is 218 g/mol. The number of hydrogen-bond acceptors (Lipinski definition) is 0. The van der Waals surface area contributed by atoms with Crippen molar-refractivity contribution in [1.29, 1.82) is 0 Å². The van der Waals surface area contributed by atoms with Crippen LogP contribution in [0.15, 0.2) is 0 Å². The van der Waals surface area contributed by atoms with Crippen LogP contribution in [0.25, 0.3) is 0 Å². The molecule has 0 rings (SSSR count). The van der Waals surface area contributed by atoms with Gasteiger partial charge >= 0.3 is 0 Å². The predicted octanol–water partition coefficient (Wildman–Crippen LogP) is 2.81. The highest BCUT2D eigenvalue weighted by atomic mass is 127. The van der Waals surface area contributed by atoms with Crippen LogP contribution in [0.1, 0.15) is 20.8 Å². The molecule has 0 spiro atoms. The van der Waals surface area contributed by atoms with Gasteiger partial charge in [-0.15, -0.1) is 0 Å². The molecule has 0 fully saturated rings. The average Bonchev–Trinajstić information content (AvgIpc) is 1.67. The molecule has 0 nitrogen and oxygen atoms in total. The molecular formula is C6H12FI. The zero-order valence-electron chi connectivity index (χ0n) is 5.54. The van der Waals surface area contributed by atoms with Gasteiger partial charge in [-0.1, -0.05) is 36.4 Å². The van der Waals surface area contributed by atoms with Gasteiger partial charge in [0.15, 0.2) is 0 Å². The van der Waals surface area contributed by atoms with Crippen molar-refractivity contribution >= 4 is 22.6 Å². The molecule has 0 aromatic rings. The zero-order valence-corrected chi connectivity index (χ0v) is 7.70. The molecule has 2 heteroatoms. The number of hydrogen-bond donors (Lipinski definition) is 0. The minimum atomic E-state index is -0.972. The van der Waals surface area contributed by atoms with Gasteiger partial charge in [-0.2, -0.15) is 0 Å². The molecule has 0 saturated carbocycles. The van der Waals surface area contributed by atoms with E-state index >= 15 is 0 Å². The lowest BCUT2D eigenvalue weighted by Crippen LogP contribution is -2.26. The first-order valence-electron chi connectivity index (χ1n) is 2.75. The van der Waals surface area contributed by atoms with E-state index in [1.54, 1.807) is 6.92 Å². The molecule has 1 unspecified atom stereocenters. The summed E-state index contributed by atoms with van der Waals surface area (Å²) in [5, 5.41) is 0.